The number of thioether (sulfide) groups is 1. The second-order valence-electron chi connectivity index (χ2n) is 6.99. The van der Waals surface area contributed by atoms with Gasteiger partial charge >= 0.3 is 5.97 Å². The molecule has 0 N–H and O–H groups in total. The predicted octanol–water partition coefficient (Wildman–Crippen LogP) is 1.92. The van der Waals surface area contributed by atoms with Gasteiger partial charge in [0.1, 0.15) is 6.54 Å². The van der Waals surface area contributed by atoms with Crippen molar-refractivity contribution in [2.45, 2.75) is 13.8 Å². The average Bonchev–Trinajstić information content (AvgIpc) is 3.06. The molecule has 0 aliphatic carbocycles. The molecule has 2 saturated heterocycles. The molecule has 0 aromatic heterocycles. The Hall–Kier alpha value is -3.05. The average molecular weight is 479 g/mol. The zero-order chi connectivity index (χ0) is 23.8. The lowest BCUT2D eigenvalue weighted by molar-refractivity contribution is -0.146. The van der Waals surface area contributed by atoms with Crippen molar-refractivity contribution >= 4 is 40.9 Å². The maximum absolute atomic E-state index is 12.6. The number of esters is 1. The summed E-state index contributed by atoms with van der Waals surface area (Å²) in [6, 6.07) is 5.00. The Balaban J connectivity index is 1.69. The largest absolute Gasteiger partial charge is 0.490 e. The Labute approximate surface area is 195 Å². The van der Waals surface area contributed by atoms with Crippen molar-refractivity contribution < 1.29 is 38.1 Å². The van der Waals surface area contributed by atoms with Crippen molar-refractivity contribution in [2.24, 2.45) is 0 Å². The highest BCUT2D eigenvalue weighted by Gasteiger charge is 2.36. The minimum absolute atomic E-state index is 0.133. The fourth-order valence-electron chi connectivity index (χ4n) is 3.17. The van der Waals surface area contributed by atoms with Crippen molar-refractivity contribution in [3.63, 3.8) is 0 Å². The second kappa shape index (κ2) is 11.7. The highest BCUT2D eigenvalue weighted by atomic mass is 32.2. The van der Waals surface area contributed by atoms with Gasteiger partial charge in [-0.05, 0) is 49.4 Å². The summed E-state index contributed by atoms with van der Waals surface area (Å²) < 4.78 is 21.4. The van der Waals surface area contributed by atoms with Crippen LogP contribution in [0.25, 0.3) is 6.08 Å². The smallest absolute Gasteiger partial charge is 0.326 e. The number of benzene rings is 1. The summed E-state index contributed by atoms with van der Waals surface area (Å²) in [6.45, 7) is 5.52. The van der Waals surface area contributed by atoms with Gasteiger partial charge in [0.25, 0.3) is 17.1 Å². The van der Waals surface area contributed by atoms with E-state index in [0.717, 1.165) is 16.7 Å². The van der Waals surface area contributed by atoms with Gasteiger partial charge in [-0.1, -0.05) is 6.07 Å². The minimum atomic E-state index is -0.646. The maximum Gasteiger partial charge on any atom is 0.326 e. The van der Waals surface area contributed by atoms with Gasteiger partial charge in [0.05, 0.1) is 31.3 Å². The molecule has 0 spiro atoms. The molecule has 0 unspecified atom stereocenters. The number of imide groups is 1. The first-order valence-corrected chi connectivity index (χ1v) is 11.4. The van der Waals surface area contributed by atoms with Crippen LogP contribution in [-0.2, 0) is 23.9 Å². The van der Waals surface area contributed by atoms with Crippen molar-refractivity contribution in [3.8, 4) is 11.5 Å². The van der Waals surface area contributed by atoms with Gasteiger partial charge in [0, 0.05) is 13.1 Å². The van der Waals surface area contributed by atoms with E-state index in [9.17, 15) is 19.2 Å². The van der Waals surface area contributed by atoms with E-state index >= 15 is 0 Å². The SMILES string of the molecule is CCOC(=O)CN1C(=O)S/C(=C\c2ccc(OCC(=O)N3CCOCC3)c(OCC)c2)C1=O. The zero-order valence-corrected chi connectivity index (χ0v) is 19.4. The monoisotopic (exact) mass is 478 g/mol. The number of hydrogen-bond acceptors (Lipinski definition) is 9. The van der Waals surface area contributed by atoms with Crippen LogP contribution in [0.3, 0.4) is 0 Å². The van der Waals surface area contributed by atoms with Gasteiger partial charge < -0.3 is 23.8 Å². The summed E-state index contributed by atoms with van der Waals surface area (Å²) >= 11 is 0.748. The van der Waals surface area contributed by atoms with Crippen LogP contribution in [-0.4, -0.2) is 85.5 Å². The predicted molar refractivity (Wildman–Crippen MR) is 120 cm³/mol. The minimum Gasteiger partial charge on any atom is -0.490 e. The standard InChI is InChI=1S/C22H26N2O8S/c1-3-30-17-11-15(5-6-16(17)32-14-19(25)23-7-9-29-10-8-23)12-18-21(27)24(22(28)33-18)13-20(26)31-4-2/h5-6,11-12H,3-4,7-10,13-14H2,1-2H3/b18-12-. The van der Waals surface area contributed by atoms with E-state index in [4.69, 9.17) is 18.9 Å². The number of hydrogen-bond donors (Lipinski definition) is 0. The van der Waals surface area contributed by atoms with Gasteiger partial charge in [0.15, 0.2) is 18.1 Å². The van der Waals surface area contributed by atoms with Gasteiger partial charge in [-0.15, -0.1) is 0 Å². The van der Waals surface area contributed by atoms with Crippen molar-refractivity contribution in [3.05, 3.63) is 28.7 Å². The summed E-state index contributed by atoms with van der Waals surface area (Å²) in [4.78, 5) is 51.4. The lowest BCUT2D eigenvalue weighted by atomic mass is 10.2. The molecule has 11 heteroatoms. The molecule has 0 bridgehead atoms. The molecule has 2 heterocycles. The van der Waals surface area contributed by atoms with E-state index in [1.807, 2.05) is 6.92 Å². The third kappa shape index (κ3) is 6.48. The first kappa shape index (κ1) is 24.6. The molecular weight excluding hydrogens is 452 g/mol. The molecule has 0 atom stereocenters. The lowest BCUT2D eigenvalue weighted by Crippen LogP contribution is -2.43. The van der Waals surface area contributed by atoms with E-state index in [1.54, 1.807) is 36.1 Å². The van der Waals surface area contributed by atoms with Gasteiger partial charge in [-0.25, -0.2) is 0 Å². The first-order chi connectivity index (χ1) is 15.9. The van der Waals surface area contributed by atoms with Crippen LogP contribution in [0, 0.1) is 0 Å². The Bertz CT molecular complexity index is 942. The third-order valence-electron chi connectivity index (χ3n) is 4.75. The Morgan fingerprint density at radius 3 is 2.55 bits per heavy atom. The summed E-state index contributed by atoms with van der Waals surface area (Å²) in [6.07, 6.45) is 1.54. The molecule has 2 fully saturated rings. The molecule has 178 valence electrons. The molecule has 33 heavy (non-hydrogen) atoms. The van der Waals surface area contributed by atoms with E-state index in [0.29, 0.717) is 50.0 Å². The number of morpholine rings is 1. The molecule has 2 aliphatic heterocycles. The van der Waals surface area contributed by atoms with Crippen LogP contribution in [0.2, 0.25) is 0 Å². The summed E-state index contributed by atoms with van der Waals surface area (Å²) in [5, 5.41) is -0.536. The highest BCUT2D eigenvalue weighted by Crippen LogP contribution is 2.34. The number of amides is 3. The van der Waals surface area contributed by atoms with Crippen molar-refractivity contribution in [2.75, 3.05) is 52.7 Å². The van der Waals surface area contributed by atoms with E-state index in [1.165, 1.54) is 0 Å². The number of nitrogens with zero attached hydrogens (tertiary/aromatic N) is 2. The quantitative estimate of drug-likeness (QED) is 0.388. The molecule has 1 aromatic rings. The van der Waals surface area contributed by atoms with Crippen LogP contribution in [0.15, 0.2) is 23.1 Å². The molecule has 3 rings (SSSR count). The lowest BCUT2D eigenvalue weighted by Gasteiger charge is -2.26. The van der Waals surface area contributed by atoms with E-state index in [-0.39, 0.29) is 24.0 Å². The molecule has 0 radical (unpaired) electrons. The van der Waals surface area contributed by atoms with Crippen LogP contribution in [0.1, 0.15) is 19.4 Å². The molecule has 0 saturated carbocycles. The van der Waals surface area contributed by atoms with E-state index in [2.05, 4.69) is 0 Å². The zero-order valence-electron chi connectivity index (χ0n) is 18.5. The Kier molecular flexibility index (Phi) is 8.72. The van der Waals surface area contributed by atoms with Gasteiger partial charge in [0.2, 0.25) is 0 Å². The molecule has 1 aromatic carbocycles. The fourth-order valence-corrected chi connectivity index (χ4v) is 4.01. The van der Waals surface area contributed by atoms with Crippen LogP contribution >= 0.6 is 11.8 Å². The van der Waals surface area contributed by atoms with Crippen LogP contribution < -0.4 is 9.47 Å². The fraction of sp³-hybridized carbons (Fsp3) is 0.455. The number of ether oxygens (including phenoxy) is 4. The number of rotatable bonds is 9. The van der Waals surface area contributed by atoms with Crippen LogP contribution in [0.5, 0.6) is 11.5 Å². The van der Waals surface area contributed by atoms with Crippen molar-refractivity contribution in [1.29, 1.82) is 0 Å². The number of carbonyl (C=O) groups is 4. The van der Waals surface area contributed by atoms with Gasteiger partial charge in [-0.3, -0.25) is 24.1 Å². The Morgan fingerprint density at radius 1 is 1.09 bits per heavy atom. The second-order valence-corrected chi connectivity index (χ2v) is 7.99. The summed E-state index contributed by atoms with van der Waals surface area (Å²) in [7, 11) is 0. The molecule has 3 amide bonds. The normalized spacial score (nSPS) is 17.5. The maximum atomic E-state index is 12.6. The molecule has 2 aliphatic rings. The third-order valence-corrected chi connectivity index (χ3v) is 5.65. The first-order valence-electron chi connectivity index (χ1n) is 10.6. The van der Waals surface area contributed by atoms with Crippen molar-refractivity contribution in [1.82, 2.24) is 9.80 Å². The summed E-state index contributed by atoms with van der Waals surface area (Å²) in [5.41, 5.74) is 0.604. The summed E-state index contributed by atoms with van der Waals surface area (Å²) in [5.74, 6) is -0.543. The van der Waals surface area contributed by atoms with E-state index < -0.39 is 23.7 Å². The molecule has 10 nitrogen and oxygen atoms in total. The highest BCUT2D eigenvalue weighted by molar-refractivity contribution is 8.18. The van der Waals surface area contributed by atoms with Gasteiger partial charge in [-0.2, -0.15) is 0 Å². The Morgan fingerprint density at radius 2 is 1.85 bits per heavy atom. The topological polar surface area (TPSA) is 112 Å². The number of carbonyl (C=O) groups excluding carboxylic acids is 4. The van der Waals surface area contributed by atoms with Crippen LogP contribution in [0.4, 0.5) is 4.79 Å². The molecular formula is C22H26N2O8S.